The van der Waals surface area contributed by atoms with Gasteiger partial charge in [0.2, 0.25) is 5.91 Å². The Morgan fingerprint density at radius 3 is 2.78 bits per heavy atom. The van der Waals surface area contributed by atoms with Crippen LogP contribution in [0.3, 0.4) is 0 Å². The number of benzene rings is 1. The first kappa shape index (κ1) is 15.3. The van der Waals surface area contributed by atoms with Gasteiger partial charge in [-0.1, -0.05) is 36.9 Å². The second-order valence-electron chi connectivity index (χ2n) is 7.02. The van der Waals surface area contributed by atoms with Crippen molar-refractivity contribution >= 4 is 40.6 Å². The van der Waals surface area contributed by atoms with Crippen molar-refractivity contribution in [3.8, 4) is 0 Å². The van der Waals surface area contributed by atoms with Gasteiger partial charge in [0.25, 0.3) is 0 Å². The molecule has 2 aromatic rings. The van der Waals surface area contributed by atoms with Gasteiger partial charge in [-0.25, -0.2) is 0 Å². The van der Waals surface area contributed by atoms with E-state index in [-0.39, 0.29) is 5.92 Å². The van der Waals surface area contributed by atoms with Gasteiger partial charge in [-0.15, -0.1) is 11.3 Å². The molecule has 23 heavy (non-hydrogen) atoms. The molecule has 1 saturated carbocycles. The number of nitrogens with zero attached hydrogens (tertiary/aromatic N) is 1. The van der Waals surface area contributed by atoms with Crippen LogP contribution in [-0.2, 0) is 11.2 Å². The number of amides is 1. The Morgan fingerprint density at radius 2 is 1.96 bits per heavy atom. The fourth-order valence-electron chi connectivity index (χ4n) is 4.17. The normalized spacial score (nSPS) is 23.0. The lowest BCUT2D eigenvalue weighted by Crippen LogP contribution is -2.39. The van der Waals surface area contributed by atoms with Crippen LogP contribution < -0.4 is 5.46 Å². The number of thiophene rings is 1. The predicted octanol–water partition coefficient (Wildman–Crippen LogP) is 3.42. The Kier molecular flexibility index (Phi) is 4.19. The molecule has 0 N–H and O–H groups in total. The zero-order valence-corrected chi connectivity index (χ0v) is 14.3. The predicted molar refractivity (Wildman–Crippen MR) is 97.6 cm³/mol. The van der Waals surface area contributed by atoms with E-state index in [2.05, 4.69) is 17.0 Å². The molecule has 1 aliphatic carbocycles. The fraction of sp³-hybridized carbons (Fsp3) is 0.526. The summed E-state index contributed by atoms with van der Waals surface area (Å²) in [7, 11) is 5.86. The largest absolute Gasteiger partial charge is 0.339 e. The number of carbonyl (C=O) groups is 1. The summed E-state index contributed by atoms with van der Waals surface area (Å²) < 4.78 is 1.27. The molecule has 1 unspecified atom stereocenters. The molecule has 1 aromatic heterocycles. The summed E-state index contributed by atoms with van der Waals surface area (Å²) in [6, 6.07) is 8.80. The second-order valence-corrected chi connectivity index (χ2v) is 8.19. The highest BCUT2D eigenvalue weighted by Gasteiger charge is 2.36. The summed E-state index contributed by atoms with van der Waals surface area (Å²) >= 11 is 1.81. The standard InChI is InChI=1S/C19H22BNOS/c20-15-6-7-18-14(10-15)12-17(23-18)11-13-8-9-21(19(13)22)16-4-2-1-3-5-16/h6-7,10,12-13,16H,1-5,8-9,11H2. The van der Waals surface area contributed by atoms with Crippen molar-refractivity contribution in [2.24, 2.45) is 5.92 Å². The molecule has 0 spiro atoms. The minimum Gasteiger partial charge on any atom is -0.339 e. The molecule has 118 valence electrons. The minimum atomic E-state index is 0.183. The van der Waals surface area contributed by atoms with Crippen molar-refractivity contribution in [2.45, 2.75) is 51.0 Å². The Labute approximate surface area is 143 Å². The average Bonchev–Trinajstić information content (AvgIpc) is 3.12. The van der Waals surface area contributed by atoms with Crippen LogP contribution in [0.25, 0.3) is 10.1 Å². The van der Waals surface area contributed by atoms with E-state index >= 15 is 0 Å². The summed E-state index contributed by atoms with van der Waals surface area (Å²) in [5.41, 5.74) is 0.808. The van der Waals surface area contributed by atoms with Crippen LogP contribution >= 0.6 is 11.3 Å². The van der Waals surface area contributed by atoms with Crippen LogP contribution in [0.5, 0.6) is 0 Å². The lowest BCUT2D eigenvalue weighted by atomic mass is 9.94. The Balaban J connectivity index is 1.46. The fourth-order valence-corrected chi connectivity index (χ4v) is 5.29. The van der Waals surface area contributed by atoms with Gasteiger partial charge in [-0.2, -0.15) is 0 Å². The van der Waals surface area contributed by atoms with E-state index < -0.39 is 0 Å². The van der Waals surface area contributed by atoms with E-state index in [1.807, 2.05) is 12.1 Å². The summed E-state index contributed by atoms with van der Waals surface area (Å²) in [5, 5.41) is 1.21. The molecular formula is C19H22BNOS. The molecule has 2 aliphatic rings. The highest BCUT2D eigenvalue weighted by molar-refractivity contribution is 7.19. The highest BCUT2D eigenvalue weighted by Crippen LogP contribution is 2.33. The minimum absolute atomic E-state index is 0.183. The van der Waals surface area contributed by atoms with Crippen LogP contribution in [0.1, 0.15) is 43.4 Å². The maximum absolute atomic E-state index is 12.8. The monoisotopic (exact) mass is 323 g/mol. The lowest BCUT2D eigenvalue weighted by Gasteiger charge is -2.31. The van der Waals surface area contributed by atoms with Gasteiger partial charge in [0.05, 0.1) is 0 Å². The molecule has 1 aliphatic heterocycles. The average molecular weight is 323 g/mol. The molecule has 1 saturated heterocycles. The molecule has 2 fully saturated rings. The summed E-state index contributed by atoms with van der Waals surface area (Å²) in [6.07, 6.45) is 8.24. The first-order chi connectivity index (χ1) is 11.2. The molecular weight excluding hydrogens is 301 g/mol. The molecule has 2 radical (unpaired) electrons. The summed E-state index contributed by atoms with van der Waals surface area (Å²) in [6.45, 7) is 0.964. The third kappa shape index (κ3) is 3.06. The zero-order valence-electron chi connectivity index (χ0n) is 13.5. The molecule has 0 bridgehead atoms. The van der Waals surface area contributed by atoms with E-state index in [9.17, 15) is 4.79 Å². The molecule has 1 aromatic carbocycles. The third-order valence-electron chi connectivity index (χ3n) is 5.41. The number of fused-ring (bicyclic) bond motifs is 1. The highest BCUT2D eigenvalue weighted by atomic mass is 32.1. The van der Waals surface area contributed by atoms with Crippen molar-refractivity contribution in [2.75, 3.05) is 6.54 Å². The molecule has 4 heteroatoms. The number of rotatable bonds is 3. The van der Waals surface area contributed by atoms with Gasteiger partial charge in [0.1, 0.15) is 7.85 Å². The first-order valence-electron chi connectivity index (χ1n) is 8.79. The molecule has 1 atom stereocenters. The summed E-state index contributed by atoms with van der Waals surface area (Å²) in [4.78, 5) is 16.3. The van der Waals surface area contributed by atoms with Crippen LogP contribution in [0.15, 0.2) is 24.3 Å². The van der Waals surface area contributed by atoms with E-state index in [0.717, 1.165) is 24.8 Å². The van der Waals surface area contributed by atoms with E-state index in [1.165, 1.54) is 47.1 Å². The van der Waals surface area contributed by atoms with Crippen LogP contribution in [0, 0.1) is 5.92 Å². The van der Waals surface area contributed by atoms with Crippen molar-refractivity contribution in [3.05, 3.63) is 29.1 Å². The number of likely N-dealkylation sites (tertiary alicyclic amines) is 1. The Bertz CT molecular complexity index is 719. The maximum Gasteiger partial charge on any atom is 0.226 e. The van der Waals surface area contributed by atoms with Gasteiger partial charge >= 0.3 is 0 Å². The van der Waals surface area contributed by atoms with Crippen molar-refractivity contribution in [1.29, 1.82) is 0 Å². The SMILES string of the molecule is [B]c1ccc2sc(CC3CCN(C4CCCCC4)C3=O)cc2c1. The van der Waals surface area contributed by atoms with E-state index in [1.54, 1.807) is 11.3 Å². The van der Waals surface area contributed by atoms with Gasteiger partial charge in [-0.3, -0.25) is 4.79 Å². The van der Waals surface area contributed by atoms with E-state index in [0.29, 0.717) is 11.9 Å². The third-order valence-corrected chi connectivity index (χ3v) is 6.54. The summed E-state index contributed by atoms with van der Waals surface area (Å²) in [5.74, 6) is 0.580. The van der Waals surface area contributed by atoms with Gasteiger partial charge < -0.3 is 4.90 Å². The van der Waals surface area contributed by atoms with Crippen LogP contribution in [-0.4, -0.2) is 31.2 Å². The number of carbonyl (C=O) groups excluding carboxylic acids is 1. The van der Waals surface area contributed by atoms with Gasteiger partial charge in [-0.05, 0) is 43.2 Å². The first-order valence-corrected chi connectivity index (χ1v) is 9.61. The van der Waals surface area contributed by atoms with Gasteiger partial charge in [0.15, 0.2) is 0 Å². The maximum atomic E-state index is 12.8. The van der Waals surface area contributed by atoms with E-state index in [4.69, 9.17) is 7.85 Å². The topological polar surface area (TPSA) is 20.3 Å². The van der Waals surface area contributed by atoms with Crippen molar-refractivity contribution in [1.82, 2.24) is 4.90 Å². The van der Waals surface area contributed by atoms with Crippen molar-refractivity contribution < 1.29 is 4.79 Å². The Morgan fingerprint density at radius 1 is 1.13 bits per heavy atom. The number of hydrogen-bond donors (Lipinski definition) is 0. The van der Waals surface area contributed by atoms with Crippen LogP contribution in [0.4, 0.5) is 0 Å². The quantitative estimate of drug-likeness (QED) is 0.793. The molecule has 4 rings (SSSR count). The smallest absolute Gasteiger partial charge is 0.226 e. The zero-order chi connectivity index (χ0) is 15.8. The Hall–Kier alpha value is -1.29. The van der Waals surface area contributed by atoms with Crippen molar-refractivity contribution in [3.63, 3.8) is 0 Å². The molecule has 2 nitrogen and oxygen atoms in total. The second kappa shape index (κ2) is 6.31. The molecule has 2 heterocycles. The lowest BCUT2D eigenvalue weighted by molar-refractivity contribution is -0.133. The van der Waals surface area contributed by atoms with Gasteiger partial charge in [0, 0.05) is 28.1 Å². The number of hydrogen-bond acceptors (Lipinski definition) is 2. The molecule has 1 amide bonds. The van der Waals surface area contributed by atoms with Crippen LogP contribution in [0.2, 0.25) is 0 Å².